The van der Waals surface area contributed by atoms with Crippen LogP contribution in [0.2, 0.25) is 0 Å². The van der Waals surface area contributed by atoms with Gasteiger partial charge in [-0.05, 0) is 56.4 Å². The van der Waals surface area contributed by atoms with Crippen LogP contribution in [0.15, 0.2) is 62.3 Å². The maximum Gasteiger partial charge on any atom is 0.0802 e. The number of hydrogen-bond donors (Lipinski definition) is 1. The molecular weight excluding hydrogens is 366 g/mol. The first-order chi connectivity index (χ1) is 14.6. The number of rotatable bonds is 15. The van der Waals surface area contributed by atoms with Crippen LogP contribution in [0.1, 0.15) is 76.2 Å². The van der Waals surface area contributed by atoms with E-state index in [1.54, 1.807) is 6.08 Å². The van der Waals surface area contributed by atoms with Crippen LogP contribution in [0.4, 0.5) is 0 Å². The molecule has 1 aromatic rings. The second kappa shape index (κ2) is 14.6. The summed E-state index contributed by atoms with van der Waals surface area (Å²) in [4.78, 5) is 0. The van der Waals surface area contributed by atoms with E-state index >= 15 is 0 Å². The fraction of sp³-hybridized carbons (Fsp3) is 0.444. The van der Waals surface area contributed by atoms with E-state index in [4.69, 9.17) is 5.10 Å². The van der Waals surface area contributed by atoms with Gasteiger partial charge in [-0.15, -0.1) is 0 Å². The van der Waals surface area contributed by atoms with E-state index in [2.05, 4.69) is 64.1 Å². The number of allylic oxidation sites excluding steroid dienone is 9. The van der Waals surface area contributed by atoms with E-state index in [9.17, 15) is 0 Å². The quantitative estimate of drug-likeness (QED) is 0.243. The molecule has 0 aliphatic heterocycles. The Morgan fingerprint density at radius 3 is 2.47 bits per heavy atom. The molecule has 0 aromatic carbocycles. The molecular formula is C27H41N3. The van der Waals surface area contributed by atoms with Crippen molar-refractivity contribution in [3.05, 3.63) is 79.2 Å². The van der Waals surface area contributed by atoms with E-state index in [1.807, 2.05) is 29.8 Å². The van der Waals surface area contributed by atoms with Crippen LogP contribution in [0, 0.1) is 6.92 Å². The third kappa shape index (κ3) is 7.46. The molecule has 0 aliphatic carbocycles. The molecule has 0 spiro atoms. The van der Waals surface area contributed by atoms with Gasteiger partial charge in [0.05, 0.1) is 17.1 Å². The van der Waals surface area contributed by atoms with Crippen molar-refractivity contribution in [1.29, 1.82) is 0 Å². The Hall–Kier alpha value is -2.39. The predicted molar refractivity (Wildman–Crippen MR) is 134 cm³/mol. The van der Waals surface area contributed by atoms with E-state index < -0.39 is 0 Å². The summed E-state index contributed by atoms with van der Waals surface area (Å²) >= 11 is 0. The predicted octanol–water partition coefficient (Wildman–Crippen LogP) is 7.39. The molecule has 3 heteroatoms. The summed E-state index contributed by atoms with van der Waals surface area (Å²) in [5, 5.41) is 8.72. The summed E-state index contributed by atoms with van der Waals surface area (Å²) in [6.07, 6.45) is 20.8. The summed E-state index contributed by atoms with van der Waals surface area (Å²) in [6.45, 7) is 21.3. The first kappa shape index (κ1) is 25.6. The summed E-state index contributed by atoms with van der Waals surface area (Å²) in [6, 6.07) is 0.537. The molecule has 1 unspecified atom stereocenters. The number of unbranched alkanes of at least 4 members (excludes halogenated alkanes) is 1. The molecule has 0 saturated carbocycles. The van der Waals surface area contributed by atoms with Gasteiger partial charge in [-0.25, -0.2) is 4.68 Å². The highest BCUT2D eigenvalue weighted by atomic mass is 15.3. The van der Waals surface area contributed by atoms with Gasteiger partial charge in [0.1, 0.15) is 0 Å². The van der Waals surface area contributed by atoms with E-state index in [1.165, 1.54) is 37.7 Å². The average Bonchev–Trinajstić information content (AvgIpc) is 3.07. The molecule has 1 atom stereocenters. The van der Waals surface area contributed by atoms with Gasteiger partial charge in [0.2, 0.25) is 0 Å². The van der Waals surface area contributed by atoms with Crippen molar-refractivity contribution in [3.8, 4) is 0 Å². The number of hydrogen-bond acceptors (Lipinski definition) is 2. The molecule has 0 bridgehead atoms. The van der Waals surface area contributed by atoms with E-state index in [-0.39, 0.29) is 0 Å². The van der Waals surface area contributed by atoms with Gasteiger partial charge >= 0.3 is 0 Å². The Morgan fingerprint density at radius 1 is 1.13 bits per heavy atom. The lowest BCUT2D eigenvalue weighted by atomic mass is 10.0. The van der Waals surface area contributed by atoms with Gasteiger partial charge < -0.3 is 5.32 Å². The van der Waals surface area contributed by atoms with Crippen LogP contribution in [-0.4, -0.2) is 15.8 Å². The van der Waals surface area contributed by atoms with Crippen LogP contribution in [-0.2, 0) is 6.54 Å². The minimum Gasteiger partial charge on any atom is -0.308 e. The Bertz CT molecular complexity index is 774. The second-order valence-corrected chi connectivity index (χ2v) is 7.54. The largest absolute Gasteiger partial charge is 0.308 e. The van der Waals surface area contributed by atoms with Gasteiger partial charge in [-0.1, -0.05) is 83.2 Å². The molecule has 0 fully saturated rings. The standard InChI is InChI=1S/C27H41N3/c1-8-14-16-19-23(12-5)27-22(7)26(29-30(27)25(13-6)18-11-4)21-28-24(17-10-3)20-15-9-2/h8,11-14,18-19,24,28H,4-6,9-10,15-17,20-21H2,1-3,7H3/b14-8-,23-19+,25-18+. The first-order valence-electron chi connectivity index (χ1n) is 11.3. The van der Waals surface area contributed by atoms with Gasteiger partial charge in [0.15, 0.2) is 0 Å². The smallest absolute Gasteiger partial charge is 0.0802 e. The lowest BCUT2D eigenvalue weighted by Gasteiger charge is -2.17. The summed E-state index contributed by atoms with van der Waals surface area (Å²) in [7, 11) is 0. The summed E-state index contributed by atoms with van der Waals surface area (Å²) < 4.78 is 1.98. The molecule has 30 heavy (non-hydrogen) atoms. The SMILES string of the molecule is C=C/C=C(\C=C)n1nc(CNC(CCC)CCCC)c(C)c1/C(C=C)=C/C/C=C\C. The molecule has 0 radical (unpaired) electrons. The molecule has 1 heterocycles. The Labute approximate surface area is 184 Å². The summed E-state index contributed by atoms with van der Waals surface area (Å²) in [5.41, 5.74) is 5.30. The molecule has 0 saturated heterocycles. The van der Waals surface area contributed by atoms with Crippen molar-refractivity contribution in [3.63, 3.8) is 0 Å². The van der Waals surface area contributed by atoms with Crippen LogP contribution in [0.5, 0.6) is 0 Å². The van der Waals surface area contributed by atoms with Gasteiger partial charge in [0, 0.05) is 12.6 Å². The maximum absolute atomic E-state index is 4.97. The third-order valence-electron chi connectivity index (χ3n) is 5.27. The third-order valence-corrected chi connectivity index (χ3v) is 5.27. The Balaban J connectivity index is 3.35. The minimum absolute atomic E-state index is 0.537. The molecule has 3 nitrogen and oxygen atoms in total. The lowest BCUT2D eigenvalue weighted by molar-refractivity contribution is 0.431. The van der Waals surface area contributed by atoms with Crippen LogP contribution in [0.3, 0.4) is 0 Å². The highest BCUT2D eigenvalue weighted by Crippen LogP contribution is 2.27. The minimum atomic E-state index is 0.537. The zero-order valence-corrected chi connectivity index (χ0v) is 19.6. The highest BCUT2D eigenvalue weighted by molar-refractivity contribution is 5.77. The lowest BCUT2D eigenvalue weighted by Crippen LogP contribution is -2.28. The maximum atomic E-state index is 4.97. The number of nitrogens with zero attached hydrogens (tertiary/aromatic N) is 2. The van der Waals surface area contributed by atoms with E-state index in [0.29, 0.717) is 6.04 Å². The fourth-order valence-corrected chi connectivity index (χ4v) is 3.58. The molecule has 1 N–H and O–H groups in total. The van der Waals surface area contributed by atoms with Crippen molar-refractivity contribution < 1.29 is 0 Å². The van der Waals surface area contributed by atoms with Crippen molar-refractivity contribution in [1.82, 2.24) is 15.1 Å². The van der Waals surface area contributed by atoms with Crippen molar-refractivity contribution in [2.45, 2.75) is 78.8 Å². The van der Waals surface area contributed by atoms with E-state index in [0.717, 1.165) is 35.6 Å². The number of nitrogens with one attached hydrogen (secondary N) is 1. The van der Waals surface area contributed by atoms with Gasteiger partial charge in [-0.3, -0.25) is 0 Å². The molecule has 164 valence electrons. The zero-order chi connectivity index (χ0) is 22.4. The van der Waals surface area contributed by atoms with Crippen molar-refractivity contribution in [2.75, 3.05) is 0 Å². The van der Waals surface area contributed by atoms with Crippen molar-refractivity contribution in [2.24, 2.45) is 0 Å². The van der Waals surface area contributed by atoms with Gasteiger partial charge in [0.25, 0.3) is 0 Å². The van der Waals surface area contributed by atoms with Crippen LogP contribution < -0.4 is 5.32 Å². The van der Waals surface area contributed by atoms with Crippen molar-refractivity contribution >= 4 is 11.3 Å². The average molecular weight is 408 g/mol. The van der Waals surface area contributed by atoms with Crippen LogP contribution in [0.25, 0.3) is 11.3 Å². The Kier molecular flexibility index (Phi) is 12.5. The zero-order valence-electron chi connectivity index (χ0n) is 19.6. The Morgan fingerprint density at radius 2 is 1.90 bits per heavy atom. The molecule has 1 rings (SSSR count). The summed E-state index contributed by atoms with van der Waals surface area (Å²) in [5.74, 6) is 0. The highest BCUT2D eigenvalue weighted by Gasteiger charge is 2.18. The monoisotopic (exact) mass is 407 g/mol. The fourth-order valence-electron chi connectivity index (χ4n) is 3.58. The molecule has 1 aromatic heterocycles. The topological polar surface area (TPSA) is 29.9 Å². The molecule has 0 amide bonds. The van der Waals surface area contributed by atoms with Gasteiger partial charge in [-0.2, -0.15) is 5.10 Å². The molecule has 0 aliphatic rings. The first-order valence-corrected chi connectivity index (χ1v) is 11.3. The normalized spacial score (nSPS) is 13.6. The number of aromatic nitrogens is 2. The second-order valence-electron chi connectivity index (χ2n) is 7.54. The van der Waals surface area contributed by atoms with Crippen LogP contribution >= 0.6 is 0 Å².